The molecule has 0 radical (unpaired) electrons. The fourth-order valence-electron chi connectivity index (χ4n) is 3.24. The second-order valence-electron chi connectivity index (χ2n) is 6.47. The zero-order chi connectivity index (χ0) is 19.0. The molecular formula is C19H17ClN2O3S2. The van der Waals surface area contributed by atoms with Gasteiger partial charge in [0.2, 0.25) is 0 Å². The smallest absolute Gasteiger partial charge is 0.266 e. The number of hydrogen-bond donors (Lipinski definition) is 0. The highest BCUT2D eigenvalue weighted by atomic mass is 35.5. The number of nitrogens with zero attached hydrogens (tertiary/aromatic N) is 2. The van der Waals surface area contributed by atoms with E-state index in [9.17, 15) is 13.2 Å². The molecule has 2 aromatic carbocycles. The largest absolute Gasteiger partial charge is 0.268 e. The average Bonchev–Trinajstić information content (AvgIpc) is 3.00. The second-order valence-corrected chi connectivity index (χ2v) is 10.4. The third-order valence-corrected chi connectivity index (χ3v) is 8.17. The van der Waals surface area contributed by atoms with Crippen molar-refractivity contribution in [3.8, 4) is 5.69 Å². The van der Waals surface area contributed by atoms with E-state index in [4.69, 9.17) is 11.6 Å². The topological polar surface area (TPSA) is 69.0 Å². The SMILES string of the molecule is O=c1c2ccccc2nc(CS[C@H]2CCS(=O)(=O)C2)n1-c1ccccc1Cl. The van der Waals surface area contributed by atoms with Crippen LogP contribution < -0.4 is 5.56 Å². The van der Waals surface area contributed by atoms with Crippen LogP contribution in [0.4, 0.5) is 0 Å². The van der Waals surface area contributed by atoms with Crippen molar-refractivity contribution in [2.45, 2.75) is 17.4 Å². The van der Waals surface area contributed by atoms with E-state index in [0.717, 1.165) is 0 Å². The fraction of sp³-hybridized carbons (Fsp3) is 0.263. The van der Waals surface area contributed by atoms with E-state index in [2.05, 4.69) is 4.98 Å². The van der Waals surface area contributed by atoms with Gasteiger partial charge in [0, 0.05) is 5.25 Å². The molecule has 4 rings (SSSR count). The van der Waals surface area contributed by atoms with E-state index >= 15 is 0 Å². The first-order chi connectivity index (χ1) is 12.9. The molecule has 8 heteroatoms. The highest BCUT2D eigenvalue weighted by molar-refractivity contribution is 8.01. The Morgan fingerprint density at radius 1 is 1.15 bits per heavy atom. The van der Waals surface area contributed by atoms with Crippen LogP contribution in [-0.4, -0.2) is 34.7 Å². The van der Waals surface area contributed by atoms with Crippen LogP contribution in [0.15, 0.2) is 53.3 Å². The number of fused-ring (bicyclic) bond motifs is 1. The van der Waals surface area contributed by atoms with Crippen LogP contribution in [0.5, 0.6) is 0 Å². The van der Waals surface area contributed by atoms with Crippen LogP contribution in [0.1, 0.15) is 12.2 Å². The average molecular weight is 421 g/mol. The van der Waals surface area contributed by atoms with Gasteiger partial charge in [0.05, 0.1) is 38.9 Å². The lowest BCUT2D eigenvalue weighted by Gasteiger charge is -2.16. The summed E-state index contributed by atoms with van der Waals surface area (Å²) in [6, 6.07) is 14.4. The van der Waals surface area contributed by atoms with Crippen LogP contribution in [-0.2, 0) is 15.6 Å². The lowest BCUT2D eigenvalue weighted by atomic mass is 10.2. The summed E-state index contributed by atoms with van der Waals surface area (Å²) >= 11 is 7.87. The Labute approximate surface area is 166 Å². The van der Waals surface area contributed by atoms with Gasteiger partial charge in [0.15, 0.2) is 9.84 Å². The first-order valence-corrected chi connectivity index (χ1v) is 11.8. The Bertz CT molecular complexity index is 1180. The number of hydrogen-bond acceptors (Lipinski definition) is 5. The molecule has 140 valence electrons. The molecule has 0 N–H and O–H groups in total. The van der Waals surface area contributed by atoms with Gasteiger partial charge in [-0.3, -0.25) is 9.36 Å². The van der Waals surface area contributed by atoms with Crippen LogP contribution in [0, 0.1) is 0 Å². The van der Waals surface area contributed by atoms with Crippen molar-refractivity contribution >= 4 is 44.1 Å². The molecule has 2 heterocycles. The number of rotatable bonds is 4. The molecule has 3 aromatic rings. The summed E-state index contributed by atoms with van der Waals surface area (Å²) in [4.78, 5) is 17.8. The Kier molecular flexibility index (Phi) is 5.01. The molecule has 1 aliphatic rings. The lowest BCUT2D eigenvalue weighted by Crippen LogP contribution is -2.24. The van der Waals surface area contributed by atoms with Gasteiger partial charge >= 0.3 is 0 Å². The van der Waals surface area contributed by atoms with E-state index in [1.54, 1.807) is 28.8 Å². The van der Waals surface area contributed by atoms with E-state index in [1.807, 2.05) is 24.3 Å². The van der Waals surface area contributed by atoms with Gasteiger partial charge in [0.1, 0.15) is 5.82 Å². The van der Waals surface area contributed by atoms with Gasteiger partial charge in [-0.2, -0.15) is 0 Å². The fourth-order valence-corrected chi connectivity index (χ4v) is 7.02. The van der Waals surface area contributed by atoms with Crippen LogP contribution in [0.2, 0.25) is 5.02 Å². The third-order valence-electron chi connectivity index (χ3n) is 4.58. The summed E-state index contributed by atoms with van der Waals surface area (Å²) in [5, 5.41) is 1.01. The van der Waals surface area contributed by atoms with Gasteiger partial charge in [-0.15, -0.1) is 11.8 Å². The summed E-state index contributed by atoms with van der Waals surface area (Å²) in [6.45, 7) is 0. The predicted octanol–water partition coefficient (Wildman–Crippen LogP) is 3.46. The van der Waals surface area contributed by atoms with Crippen molar-refractivity contribution in [2.24, 2.45) is 0 Å². The minimum Gasteiger partial charge on any atom is -0.268 e. The second kappa shape index (κ2) is 7.30. The third kappa shape index (κ3) is 3.77. The Morgan fingerprint density at radius 2 is 1.89 bits per heavy atom. The molecule has 0 aliphatic carbocycles. The molecule has 1 saturated heterocycles. The first kappa shape index (κ1) is 18.5. The minimum atomic E-state index is -2.94. The van der Waals surface area contributed by atoms with Gasteiger partial charge in [-0.05, 0) is 30.7 Å². The van der Waals surface area contributed by atoms with E-state index in [-0.39, 0.29) is 22.3 Å². The van der Waals surface area contributed by atoms with Crippen LogP contribution >= 0.6 is 23.4 Å². The molecule has 0 saturated carbocycles. The van der Waals surface area contributed by atoms with Crippen molar-refractivity contribution < 1.29 is 8.42 Å². The summed E-state index contributed by atoms with van der Waals surface area (Å²) in [5.74, 6) is 1.42. The molecule has 1 atom stereocenters. The molecule has 0 unspecified atom stereocenters. The van der Waals surface area contributed by atoms with Crippen LogP contribution in [0.3, 0.4) is 0 Å². The highest BCUT2D eigenvalue weighted by Gasteiger charge is 2.28. The van der Waals surface area contributed by atoms with Crippen molar-refractivity contribution in [3.05, 3.63) is 69.7 Å². The van der Waals surface area contributed by atoms with Gasteiger partial charge in [-0.1, -0.05) is 35.9 Å². The Balaban J connectivity index is 1.80. The van der Waals surface area contributed by atoms with Gasteiger partial charge in [0.25, 0.3) is 5.56 Å². The molecule has 0 spiro atoms. The van der Waals surface area contributed by atoms with Crippen molar-refractivity contribution in [1.82, 2.24) is 9.55 Å². The summed E-state index contributed by atoms with van der Waals surface area (Å²) < 4.78 is 25.0. The Morgan fingerprint density at radius 3 is 2.63 bits per heavy atom. The van der Waals surface area contributed by atoms with Gasteiger partial charge < -0.3 is 0 Å². The maximum atomic E-state index is 13.2. The maximum absolute atomic E-state index is 13.2. The van der Waals surface area contributed by atoms with Gasteiger partial charge in [-0.25, -0.2) is 13.4 Å². The summed E-state index contributed by atoms with van der Waals surface area (Å²) in [6.07, 6.45) is 0.636. The summed E-state index contributed by atoms with van der Waals surface area (Å²) in [7, 11) is -2.94. The first-order valence-electron chi connectivity index (χ1n) is 8.52. The molecule has 1 aromatic heterocycles. The van der Waals surface area contributed by atoms with E-state index < -0.39 is 9.84 Å². The number of halogens is 1. The standard InChI is InChI=1S/C19H17ClN2O3S2/c20-15-6-2-4-8-17(15)22-18(11-26-13-9-10-27(24,25)12-13)21-16-7-3-1-5-14(16)19(22)23/h1-8,13H,9-12H2/t13-/m0/s1. The number of para-hydroxylation sites is 2. The molecule has 1 fully saturated rings. The molecule has 5 nitrogen and oxygen atoms in total. The number of thioether (sulfide) groups is 1. The zero-order valence-corrected chi connectivity index (χ0v) is 16.7. The van der Waals surface area contributed by atoms with E-state index in [1.165, 1.54) is 11.8 Å². The van der Waals surface area contributed by atoms with E-state index in [0.29, 0.717) is 39.6 Å². The predicted molar refractivity (Wildman–Crippen MR) is 111 cm³/mol. The van der Waals surface area contributed by atoms with Crippen molar-refractivity contribution in [3.63, 3.8) is 0 Å². The number of benzene rings is 2. The molecule has 0 amide bonds. The minimum absolute atomic E-state index is 0.0260. The maximum Gasteiger partial charge on any atom is 0.266 e. The number of aromatic nitrogens is 2. The quantitative estimate of drug-likeness (QED) is 0.646. The molecular weight excluding hydrogens is 404 g/mol. The number of sulfone groups is 1. The monoisotopic (exact) mass is 420 g/mol. The molecule has 0 bridgehead atoms. The summed E-state index contributed by atoms with van der Waals surface area (Å²) in [5.41, 5.74) is 1.03. The molecule has 27 heavy (non-hydrogen) atoms. The highest BCUT2D eigenvalue weighted by Crippen LogP contribution is 2.28. The van der Waals surface area contributed by atoms with Crippen molar-refractivity contribution in [1.29, 1.82) is 0 Å². The lowest BCUT2D eigenvalue weighted by molar-refractivity contribution is 0.602. The molecule has 1 aliphatic heterocycles. The van der Waals surface area contributed by atoms with Crippen LogP contribution in [0.25, 0.3) is 16.6 Å². The zero-order valence-electron chi connectivity index (χ0n) is 14.3. The Hall–Kier alpha value is -1.83. The van der Waals surface area contributed by atoms with Crippen molar-refractivity contribution in [2.75, 3.05) is 11.5 Å². The normalized spacial score (nSPS) is 18.8.